The van der Waals surface area contributed by atoms with Gasteiger partial charge in [0.05, 0.1) is 0 Å². The molecule has 0 amide bonds. The Balaban J connectivity index is 1.66. The van der Waals surface area contributed by atoms with Crippen LogP contribution in [0.15, 0.2) is 60.0 Å². The van der Waals surface area contributed by atoms with Crippen molar-refractivity contribution in [1.29, 1.82) is 0 Å². The molecule has 4 nitrogen and oxygen atoms in total. The number of rotatable bonds is 0. The van der Waals surface area contributed by atoms with Gasteiger partial charge in [-0.1, -0.05) is 36.4 Å². The van der Waals surface area contributed by atoms with Gasteiger partial charge in [-0.3, -0.25) is 19.6 Å². The molecule has 4 rings (SSSR count). The fraction of sp³-hybridized carbons (Fsp3) is 0.125. The van der Waals surface area contributed by atoms with Crippen molar-refractivity contribution in [1.82, 2.24) is 0 Å². The lowest BCUT2D eigenvalue weighted by molar-refractivity contribution is -0.211. The Bertz CT molecular complexity index is 631. The van der Waals surface area contributed by atoms with Crippen LogP contribution in [0.5, 0.6) is 11.5 Å². The van der Waals surface area contributed by atoms with E-state index in [9.17, 15) is 0 Å². The first kappa shape index (κ1) is 11.2. The van der Waals surface area contributed by atoms with Gasteiger partial charge >= 0.3 is 0 Å². The molecule has 0 saturated heterocycles. The summed E-state index contributed by atoms with van der Waals surface area (Å²) in [6, 6.07) is 15.6. The average molecular weight is 268 g/mol. The van der Waals surface area contributed by atoms with E-state index in [1.807, 2.05) is 48.5 Å². The molecule has 0 aliphatic carbocycles. The number of benzene rings is 2. The smallest absolute Gasteiger partial charge is 0.203 e. The highest BCUT2D eigenvalue weighted by molar-refractivity contribution is 5.40. The maximum Gasteiger partial charge on any atom is 0.203 e. The number of hydrogen-bond acceptors (Lipinski definition) is 4. The zero-order chi connectivity index (χ0) is 13.4. The fourth-order valence-corrected chi connectivity index (χ4v) is 2.35. The van der Waals surface area contributed by atoms with E-state index in [1.165, 1.54) is 0 Å². The first-order valence-electron chi connectivity index (χ1n) is 6.47. The molecule has 0 spiro atoms. The normalized spacial score (nSPS) is 19.6. The van der Waals surface area contributed by atoms with Crippen molar-refractivity contribution in [3.05, 3.63) is 71.2 Å². The lowest BCUT2D eigenvalue weighted by Gasteiger charge is -2.23. The Morgan fingerprint density at radius 2 is 1.00 bits per heavy atom. The molecule has 2 heterocycles. The molecule has 4 heteroatoms. The maximum atomic E-state index is 5.33. The molecule has 0 saturated carbocycles. The Kier molecular flexibility index (Phi) is 2.52. The Morgan fingerprint density at radius 3 is 1.50 bits per heavy atom. The first-order chi connectivity index (χ1) is 9.90. The van der Waals surface area contributed by atoms with Crippen LogP contribution in [0.25, 0.3) is 0 Å². The van der Waals surface area contributed by atoms with E-state index in [0.717, 1.165) is 22.6 Å². The van der Waals surface area contributed by atoms with Crippen LogP contribution in [-0.4, -0.2) is 0 Å². The molecule has 0 unspecified atom stereocenters. The predicted octanol–water partition coefficient (Wildman–Crippen LogP) is 3.33. The van der Waals surface area contributed by atoms with Gasteiger partial charge in [-0.25, -0.2) is 0 Å². The highest BCUT2D eigenvalue weighted by atomic mass is 17.2. The Morgan fingerprint density at radius 1 is 0.550 bits per heavy atom. The molecule has 0 atom stereocenters. The van der Waals surface area contributed by atoms with E-state index in [0.29, 0.717) is 24.4 Å². The van der Waals surface area contributed by atoms with Gasteiger partial charge in [0.25, 0.3) is 0 Å². The quantitative estimate of drug-likeness (QED) is 0.687. The second-order valence-electron chi connectivity index (χ2n) is 4.75. The third-order valence-corrected chi connectivity index (χ3v) is 3.42. The van der Waals surface area contributed by atoms with Crippen molar-refractivity contribution in [2.75, 3.05) is 0 Å². The highest BCUT2D eigenvalue weighted by Gasteiger charge is 2.25. The van der Waals surface area contributed by atoms with Crippen LogP contribution in [0.3, 0.4) is 0 Å². The summed E-state index contributed by atoms with van der Waals surface area (Å²) in [5.74, 6) is 2.79. The molecule has 2 aromatic rings. The summed E-state index contributed by atoms with van der Waals surface area (Å²) in [7, 11) is 0. The Hall–Kier alpha value is -2.62. The standard InChI is InChI=1S/C16H12O4/c1-3-7-13-11(5-1)9-15(19-17-13)16-10-12-6-2-4-8-14(12)18-20-16/h1-8H,9-10H2/b16-15-. The van der Waals surface area contributed by atoms with E-state index in [-0.39, 0.29) is 0 Å². The van der Waals surface area contributed by atoms with Crippen LogP contribution in [-0.2, 0) is 22.6 Å². The molecule has 2 aliphatic rings. The minimum Gasteiger partial charge on any atom is -0.290 e. The predicted molar refractivity (Wildman–Crippen MR) is 70.7 cm³/mol. The summed E-state index contributed by atoms with van der Waals surface area (Å²) < 4.78 is 0. The largest absolute Gasteiger partial charge is 0.290 e. The van der Waals surface area contributed by atoms with Crippen molar-refractivity contribution in [2.24, 2.45) is 0 Å². The SMILES string of the molecule is c1ccc2c(c1)C/C(=C1\Cc3ccccc3OO1)OO2. The molecule has 0 N–H and O–H groups in total. The van der Waals surface area contributed by atoms with Crippen LogP contribution in [0, 0.1) is 0 Å². The molecule has 0 radical (unpaired) electrons. The third kappa shape index (κ3) is 1.86. The van der Waals surface area contributed by atoms with Crippen LogP contribution in [0.1, 0.15) is 11.1 Å². The molecule has 0 fully saturated rings. The van der Waals surface area contributed by atoms with Gasteiger partial charge in [0.15, 0.2) is 11.5 Å². The van der Waals surface area contributed by atoms with Gasteiger partial charge in [0, 0.05) is 24.0 Å². The number of allylic oxidation sites excluding steroid dienone is 2. The summed E-state index contributed by atoms with van der Waals surface area (Å²) in [5.41, 5.74) is 2.15. The Labute approximate surface area is 116 Å². The van der Waals surface area contributed by atoms with E-state index in [2.05, 4.69) is 0 Å². The summed E-state index contributed by atoms with van der Waals surface area (Å²) in [4.78, 5) is 21.2. The molecule has 20 heavy (non-hydrogen) atoms. The van der Waals surface area contributed by atoms with Crippen molar-refractivity contribution in [2.45, 2.75) is 12.8 Å². The summed E-state index contributed by atoms with van der Waals surface area (Å²) in [6.07, 6.45) is 1.27. The second-order valence-corrected chi connectivity index (χ2v) is 4.75. The molecule has 0 aromatic heterocycles. The number of para-hydroxylation sites is 2. The van der Waals surface area contributed by atoms with Gasteiger partial charge in [0.1, 0.15) is 0 Å². The van der Waals surface area contributed by atoms with E-state index < -0.39 is 0 Å². The van der Waals surface area contributed by atoms with Crippen molar-refractivity contribution >= 4 is 0 Å². The second kappa shape index (κ2) is 4.49. The van der Waals surface area contributed by atoms with Gasteiger partial charge in [0.2, 0.25) is 11.5 Å². The van der Waals surface area contributed by atoms with Crippen LogP contribution >= 0.6 is 0 Å². The first-order valence-corrected chi connectivity index (χ1v) is 6.47. The monoisotopic (exact) mass is 268 g/mol. The van der Waals surface area contributed by atoms with Gasteiger partial charge in [-0.2, -0.15) is 0 Å². The van der Waals surface area contributed by atoms with Crippen molar-refractivity contribution in [3.8, 4) is 11.5 Å². The van der Waals surface area contributed by atoms with Crippen LogP contribution in [0.2, 0.25) is 0 Å². The molecule has 2 aromatic carbocycles. The molecular weight excluding hydrogens is 256 g/mol. The average Bonchev–Trinajstić information content (AvgIpc) is 2.54. The zero-order valence-electron chi connectivity index (χ0n) is 10.7. The molecule has 100 valence electrons. The highest BCUT2D eigenvalue weighted by Crippen LogP contribution is 2.33. The summed E-state index contributed by atoms with van der Waals surface area (Å²) in [5, 5.41) is 0. The minimum atomic E-state index is 0.636. The number of fused-ring (bicyclic) bond motifs is 2. The van der Waals surface area contributed by atoms with E-state index in [4.69, 9.17) is 19.6 Å². The minimum absolute atomic E-state index is 0.636. The topological polar surface area (TPSA) is 36.9 Å². The zero-order valence-corrected chi connectivity index (χ0v) is 10.7. The van der Waals surface area contributed by atoms with Crippen LogP contribution < -0.4 is 9.78 Å². The molecule has 2 aliphatic heterocycles. The fourth-order valence-electron chi connectivity index (χ4n) is 2.35. The van der Waals surface area contributed by atoms with Gasteiger partial charge < -0.3 is 0 Å². The van der Waals surface area contributed by atoms with Gasteiger partial charge in [-0.05, 0) is 12.1 Å². The van der Waals surface area contributed by atoms with E-state index >= 15 is 0 Å². The van der Waals surface area contributed by atoms with E-state index in [1.54, 1.807) is 0 Å². The van der Waals surface area contributed by atoms with Gasteiger partial charge in [-0.15, -0.1) is 0 Å². The lowest BCUT2D eigenvalue weighted by atomic mass is 10.0. The maximum absolute atomic E-state index is 5.33. The third-order valence-electron chi connectivity index (χ3n) is 3.42. The lowest BCUT2D eigenvalue weighted by Crippen LogP contribution is -2.17. The van der Waals surface area contributed by atoms with Crippen molar-refractivity contribution in [3.63, 3.8) is 0 Å². The number of hydrogen-bond donors (Lipinski definition) is 0. The summed E-state index contributed by atoms with van der Waals surface area (Å²) >= 11 is 0. The molecule has 0 bridgehead atoms. The summed E-state index contributed by atoms with van der Waals surface area (Å²) in [6.45, 7) is 0. The van der Waals surface area contributed by atoms with Crippen molar-refractivity contribution < 1.29 is 19.6 Å². The van der Waals surface area contributed by atoms with Crippen LogP contribution in [0.4, 0.5) is 0 Å². The molecular formula is C16H12O4.